The van der Waals surface area contributed by atoms with E-state index in [2.05, 4.69) is 34.6 Å². The fourth-order valence-corrected chi connectivity index (χ4v) is 3.08. The van der Waals surface area contributed by atoms with Crippen molar-refractivity contribution in [3.63, 3.8) is 0 Å². The number of carbonyl (C=O) groups is 1. The lowest BCUT2D eigenvalue weighted by atomic mass is 10.0. The van der Waals surface area contributed by atoms with Crippen molar-refractivity contribution in [2.24, 2.45) is 0 Å². The SMILES string of the molecule is O=C(NCc1cccc2ccccc12)c1ccc(Cn2ccnc2)cc1. The number of aromatic nitrogens is 2. The molecule has 4 aromatic rings. The van der Waals surface area contributed by atoms with Crippen LogP contribution in [0.2, 0.25) is 0 Å². The molecule has 0 radical (unpaired) electrons. The van der Waals surface area contributed by atoms with Gasteiger partial charge in [0.15, 0.2) is 0 Å². The Kier molecular flexibility index (Phi) is 4.48. The largest absolute Gasteiger partial charge is 0.348 e. The average molecular weight is 341 g/mol. The molecule has 4 rings (SSSR count). The number of benzene rings is 3. The van der Waals surface area contributed by atoms with Gasteiger partial charge in [0.2, 0.25) is 0 Å². The molecule has 0 saturated carbocycles. The molecule has 1 N–H and O–H groups in total. The van der Waals surface area contributed by atoms with E-state index in [-0.39, 0.29) is 5.91 Å². The molecule has 0 saturated heterocycles. The summed E-state index contributed by atoms with van der Waals surface area (Å²) in [6.07, 6.45) is 5.46. The number of rotatable bonds is 5. The van der Waals surface area contributed by atoms with Crippen molar-refractivity contribution in [2.45, 2.75) is 13.1 Å². The Labute approximate surface area is 152 Å². The Morgan fingerprint density at radius 3 is 2.58 bits per heavy atom. The quantitative estimate of drug-likeness (QED) is 0.596. The Hall–Kier alpha value is -3.40. The van der Waals surface area contributed by atoms with Crippen molar-refractivity contribution in [2.75, 3.05) is 0 Å². The number of hydrogen-bond donors (Lipinski definition) is 1. The molecule has 128 valence electrons. The topological polar surface area (TPSA) is 46.9 Å². The van der Waals surface area contributed by atoms with Crippen LogP contribution in [0.5, 0.6) is 0 Å². The number of fused-ring (bicyclic) bond motifs is 1. The van der Waals surface area contributed by atoms with Gasteiger partial charge in [-0.05, 0) is 34.0 Å². The monoisotopic (exact) mass is 341 g/mol. The van der Waals surface area contributed by atoms with Crippen LogP contribution < -0.4 is 5.32 Å². The molecule has 0 bridgehead atoms. The third kappa shape index (κ3) is 3.49. The summed E-state index contributed by atoms with van der Waals surface area (Å²) in [5, 5.41) is 5.37. The summed E-state index contributed by atoms with van der Waals surface area (Å²) < 4.78 is 2.00. The van der Waals surface area contributed by atoms with Crippen LogP contribution in [0.15, 0.2) is 85.5 Å². The first-order valence-corrected chi connectivity index (χ1v) is 8.59. The first-order valence-electron chi connectivity index (χ1n) is 8.59. The number of amides is 1. The van der Waals surface area contributed by atoms with Gasteiger partial charge in [0, 0.05) is 31.0 Å². The second kappa shape index (κ2) is 7.23. The van der Waals surface area contributed by atoms with Crippen LogP contribution in [0, 0.1) is 0 Å². The van der Waals surface area contributed by atoms with Crippen molar-refractivity contribution in [3.05, 3.63) is 102 Å². The van der Waals surface area contributed by atoms with Gasteiger partial charge in [0.05, 0.1) is 6.33 Å². The van der Waals surface area contributed by atoms with E-state index in [9.17, 15) is 4.79 Å². The maximum absolute atomic E-state index is 12.5. The molecule has 1 aromatic heterocycles. The van der Waals surface area contributed by atoms with E-state index >= 15 is 0 Å². The maximum atomic E-state index is 12.5. The standard InChI is InChI=1S/C22H19N3O/c26-22(19-10-8-17(9-11-19)15-25-13-12-23-16-25)24-14-20-6-3-5-18-4-1-2-7-21(18)20/h1-13,16H,14-15H2,(H,24,26). The van der Waals surface area contributed by atoms with Gasteiger partial charge in [-0.3, -0.25) is 4.79 Å². The lowest BCUT2D eigenvalue weighted by Gasteiger charge is -2.09. The summed E-state index contributed by atoms with van der Waals surface area (Å²) in [4.78, 5) is 16.5. The van der Waals surface area contributed by atoms with E-state index in [1.165, 1.54) is 10.8 Å². The van der Waals surface area contributed by atoms with Gasteiger partial charge in [-0.15, -0.1) is 0 Å². The van der Waals surface area contributed by atoms with E-state index in [0.29, 0.717) is 12.1 Å². The van der Waals surface area contributed by atoms with Crippen LogP contribution in [0.4, 0.5) is 0 Å². The van der Waals surface area contributed by atoms with E-state index in [1.807, 2.05) is 53.2 Å². The predicted molar refractivity (Wildman–Crippen MR) is 103 cm³/mol. The molecule has 0 spiro atoms. The van der Waals surface area contributed by atoms with Crippen LogP contribution >= 0.6 is 0 Å². The van der Waals surface area contributed by atoms with E-state index in [4.69, 9.17) is 0 Å². The van der Waals surface area contributed by atoms with Crippen LogP contribution in [-0.2, 0) is 13.1 Å². The summed E-state index contributed by atoms with van der Waals surface area (Å²) in [7, 11) is 0. The fourth-order valence-electron chi connectivity index (χ4n) is 3.08. The molecule has 0 fully saturated rings. The number of hydrogen-bond acceptors (Lipinski definition) is 2. The van der Waals surface area contributed by atoms with Crippen molar-refractivity contribution in [1.82, 2.24) is 14.9 Å². The first-order chi connectivity index (χ1) is 12.8. The molecule has 4 heteroatoms. The van der Waals surface area contributed by atoms with Gasteiger partial charge in [-0.2, -0.15) is 0 Å². The first kappa shape index (κ1) is 16.1. The van der Waals surface area contributed by atoms with Crippen molar-refractivity contribution in [1.29, 1.82) is 0 Å². The normalized spacial score (nSPS) is 10.8. The average Bonchev–Trinajstić information content (AvgIpc) is 3.19. The molecule has 0 aliphatic rings. The van der Waals surface area contributed by atoms with Crippen LogP contribution in [0.1, 0.15) is 21.5 Å². The molecule has 0 aliphatic carbocycles. The van der Waals surface area contributed by atoms with E-state index in [1.54, 1.807) is 12.5 Å². The highest BCUT2D eigenvalue weighted by Gasteiger charge is 2.07. The minimum absolute atomic E-state index is 0.0629. The minimum atomic E-state index is -0.0629. The molecule has 4 nitrogen and oxygen atoms in total. The van der Waals surface area contributed by atoms with Crippen LogP contribution in [-0.4, -0.2) is 15.5 Å². The Bertz CT molecular complexity index is 1020. The number of imidazole rings is 1. The molecule has 0 aliphatic heterocycles. The zero-order valence-corrected chi connectivity index (χ0v) is 14.3. The second-order valence-electron chi connectivity index (χ2n) is 6.25. The van der Waals surface area contributed by atoms with E-state index in [0.717, 1.165) is 17.7 Å². The van der Waals surface area contributed by atoms with Crippen LogP contribution in [0.3, 0.4) is 0 Å². The third-order valence-corrected chi connectivity index (χ3v) is 4.46. The molecule has 26 heavy (non-hydrogen) atoms. The lowest BCUT2D eigenvalue weighted by Crippen LogP contribution is -2.22. The summed E-state index contributed by atoms with van der Waals surface area (Å²) in [6, 6.07) is 22.1. The Balaban J connectivity index is 1.43. The summed E-state index contributed by atoms with van der Waals surface area (Å²) in [6.45, 7) is 1.26. The minimum Gasteiger partial charge on any atom is -0.348 e. The highest BCUT2D eigenvalue weighted by molar-refractivity contribution is 5.94. The van der Waals surface area contributed by atoms with Crippen LogP contribution in [0.25, 0.3) is 10.8 Å². The summed E-state index contributed by atoms with van der Waals surface area (Å²) in [5.41, 5.74) is 2.92. The summed E-state index contributed by atoms with van der Waals surface area (Å²) in [5.74, 6) is -0.0629. The molecule has 3 aromatic carbocycles. The molecule has 0 atom stereocenters. The van der Waals surface area contributed by atoms with Gasteiger partial charge in [0.1, 0.15) is 0 Å². The predicted octanol–water partition coefficient (Wildman–Crippen LogP) is 4.01. The Morgan fingerprint density at radius 2 is 1.77 bits per heavy atom. The Morgan fingerprint density at radius 1 is 0.962 bits per heavy atom. The van der Waals surface area contributed by atoms with Gasteiger partial charge >= 0.3 is 0 Å². The second-order valence-corrected chi connectivity index (χ2v) is 6.25. The highest BCUT2D eigenvalue weighted by Crippen LogP contribution is 2.18. The molecule has 1 amide bonds. The van der Waals surface area contributed by atoms with Gasteiger partial charge in [0.25, 0.3) is 5.91 Å². The number of carbonyl (C=O) groups excluding carboxylic acids is 1. The van der Waals surface area contributed by atoms with Gasteiger partial charge in [-0.25, -0.2) is 4.98 Å². The number of nitrogens with zero attached hydrogens (tertiary/aromatic N) is 2. The maximum Gasteiger partial charge on any atom is 0.251 e. The molecular weight excluding hydrogens is 322 g/mol. The van der Waals surface area contributed by atoms with Gasteiger partial charge < -0.3 is 9.88 Å². The van der Waals surface area contributed by atoms with Crippen molar-refractivity contribution >= 4 is 16.7 Å². The third-order valence-electron chi connectivity index (χ3n) is 4.46. The smallest absolute Gasteiger partial charge is 0.251 e. The lowest BCUT2D eigenvalue weighted by molar-refractivity contribution is 0.0951. The van der Waals surface area contributed by atoms with E-state index < -0.39 is 0 Å². The number of nitrogens with one attached hydrogen (secondary N) is 1. The van der Waals surface area contributed by atoms with Crippen molar-refractivity contribution in [3.8, 4) is 0 Å². The fraction of sp³-hybridized carbons (Fsp3) is 0.0909. The summed E-state index contributed by atoms with van der Waals surface area (Å²) >= 11 is 0. The van der Waals surface area contributed by atoms with Crippen molar-refractivity contribution < 1.29 is 4.79 Å². The molecule has 1 heterocycles. The van der Waals surface area contributed by atoms with Gasteiger partial charge in [-0.1, -0.05) is 54.6 Å². The highest BCUT2D eigenvalue weighted by atomic mass is 16.1. The zero-order chi connectivity index (χ0) is 17.8. The zero-order valence-electron chi connectivity index (χ0n) is 14.3. The molecule has 0 unspecified atom stereocenters. The molecular formula is C22H19N3O.